The summed E-state index contributed by atoms with van der Waals surface area (Å²) in [5.41, 5.74) is 0.931. The molecule has 0 saturated carbocycles. The van der Waals surface area contributed by atoms with Crippen molar-refractivity contribution in [3.05, 3.63) is 23.4 Å². The van der Waals surface area contributed by atoms with E-state index in [1.807, 2.05) is 14.0 Å². The number of carboxylic acid groups (broad SMARTS) is 1. The molecule has 3 rings (SSSR count). The fraction of sp³-hybridized carbons (Fsp3) is 0.500. The predicted molar refractivity (Wildman–Crippen MR) is 70.3 cm³/mol. The molecule has 0 radical (unpaired) electrons. The Morgan fingerprint density at radius 2 is 2.18 bits per heavy atom. The van der Waals surface area contributed by atoms with Crippen LogP contribution in [-0.4, -0.2) is 43.6 Å². The van der Waals surface area contributed by atoms with Gasteiger partial charge in [0.2, 0.25) is 5.91 Å². The van der Waals surface area contributed by atoms with Crippen LogP contribution in [0.1, 0.15) is 24.9 Å². The van der Waals surface area contributed by atoms with Crippen molar-refractivity contribution in [2.75, 3.05) is 0 Å². The minimum Gasteiger partial charge on any atom is -0.543 e. The summed E-state index contributed by atoms with van der Waals surface area (Å²) >= 11 is 0. The van der Waals surface area contributed by atoms with E-state index in [-0.39, 0.29) is 47.2 Å². The number of β-lactam (4-membered cyclic amide) rings is 1. The minimum atomic E-state index is -1.38. The normalized spacial score (nSPS) is 24.7. The van der Waals surface area contributed by atoms with Gasteiger partial charge < -0.3 is 24.5 Å². The van der Waals surface area contributed by atoms with Crippen LogP contribution >= 0.6 is 0 Å². The molecule has 3 heterocycles. The Balaban J connectivity index is 0.00000176. The predicted octanol–water partition coefficient (Wildman–Crippen LogP) is -4.19. The van der Waals surface area contributed by atoms with Crippen LogP contribution in [0.3, 0.4) is 0 Å². The molecule has 0 aliphatic carbocycles. The fourth-order valence-corrected chi connectivity index (χ4v) is 3.19. The van der Waals surface area contributed by atoms with Crippen LogP contribution in [0.2, 0.25) is 0 Å². The molecule has 0 bridgehead atoms. The van der Waals surface area contributed by atoms with E-state index in [0.29, 0.717) is 17.7 Å². The Bertz CT molecular complexity index is 660. The van der Waals surface area contributed by atoms with Gasteiger partial charge in [0.15, 0.2) is 0 Å². The Morgan fingerprint density at radius 1 is 1.55 bits per heavy atom. The van der Waals surface area contributed by atoms with Crippen LogP contribution < -0.4 is 34.7 Å². The molecule has 1 aromatic rings. The molecule has 1 N–H and O–H groups in total. The maximum absolute atomic E-state index is 12.1. The van der Waals surface area contributed by atoms with Crippen LogP contribution in [0.5, 0.6) is 0 Å². The van der Waals surface area contributed by atoms with Gasteiger partial charge in [-0.05, 0) is 20.3 Å². The maximum atomic E-state index is 12.1. The van der Waals surface area contributed by atoms with Crippen LogP contribution in [0.25, 0.3) is 5.57 Å². The summed E-state index contributed by atoms with van der Waals surface area (Å²) in [5, 5.41) is 21.1. The molecule has 1 amide bonds. The van der Waals surface area contributed by atoms with E-state index in [9.17, 15) is 19.8 Å². The van der Waals surface area contributed by atoms with Gasteiger partial charge in [0.1, 0.15) is 5.82 Å². The molecule has 0 aromatic carbocycles. The van der Waals surface area contributed by atoms with Crippen molar-refractivity contribution in [2.45, 2.75) is 32.4 Å². The second-order valence-electron chi connectivity index (χ2n) is 5.64. The summed E-state index contributed by atoms with van der Waals surface area (Å²) in [4.78, 5) is 29.1. The first kappa shape index (κ1) is 17.2. The van der Waals surface area contributed by atoms with Crippen molar-refractivity contribution in [2.24, 2.45) is 13.0 Å². The SMILES string of the molecule is Cc1nc(C2=C(C(=O)[O-])N3C(=O)[C@H]([C@@H](C)O)[C@H]3C2)cn1C.[Na+]. The number of aliphatic hydroxyl groups is 1. The van der Waals surface area contributed by atoms with Crippen molar-refractivity contribution in [1.82, 2.24) is 14.5 Å². The van der Waals surface area contributed by atoms with Crippen LogP contribution in [0.15, 0.2) is 11.9 Å². The van der Waals surface area contributed by atoms with Gasteiger partial charge in [-0.1, -0.05) is 0 Å². The second kappa shape index (κ2) is 5.81. The van der Waals surface area contributed by atoms with Gasteiger partial charge in [-0.3, -0.25) is 4.79 Å². The molecule has 1 aromatic heterocycles. The van der Waals surface area contributed by atoms with Crippen LogP contribution in [0.4, 0.5) is 0 Å². The van der Waals surface area contributed by atoms with Gasteiger partial charge >= 0.3 is 29.6 Å². The number of carbonyl (C=O) groups excluding carboxylic acids is 2. The summed E-state index contributed by atoms with van der Waals surface area (Å²) in [5.74, 6) is -1.55. The molecule has 8 heteroatoms. The molecular formula is C14H16N3NaO4. The minimum absolute atomic E-state index is 0. The molecule has 7 nitrogen and oxygen atoms in total. The van der Waals surface area contributed by atoms with E-state index in [4.69, 9.17) is 0 Å². The first-order valence-corrected chi connectivity index (χ1v) is 6.79. The molecule has 22 heavy (non-hydrogen) atoms. The maximum Gasteiger partial charge on any atom is 1.00 e. The largest absolute Gasteiger partial charge is 1.00 e. The Morgan fingerprint density at radius 3 is 2.64 bits per heavy atom. The first-order valence-electron chi connectivity index (χ1n) is 6.79. The molecule has 112 valence electrons. The number of amides is 1. The zero-order valence-electron chi connectivity index (χ0n) is 13.0. The quantitative estimate of drug-likeness (QED) is 0.451. The number of aryl methyl sites for hydroxylation is 2. The van der Waals surface area contributed by atoms with E-state index in [1.165, 1.54) is 4.90 Å². The molecule has 1 saturated heterocycles. The average molecular weight is 313 g/mol. The zero-order valence-corrected chi connectivity index (χ0v) is 15.0. The topological polar surface area (TPSA) is 98.5 Å². The molecule has 3 atom stereocenters. The van der Waals surface area contributed by atoms with Crippen molar-refractivity contribution in [3.8, 4) is 0 Å². The summed E-state index contributed by atoms with van der Waals surface area (Å²) in [6, 6.07) is -0.317. The standard InChI is InChI=1S/C14H17N3O4.Na/c1-6(18)11-10-4-8(9-5-16(3)7(2)15-9)12(14(20)21)17(10)13(11)19;/h5-6,10-11,18H,4H2,1-3H3,(H,20,21);/q;+1/p-1/t6-,10-,11-;/m1./s1. The van der Waals surface area contributed by atoms with Gasteiger partial charge in [0.05, 0.1) is 35.4 Å². The molecule has 2 aliphatic rings. The number of hydrogen-bond acceptors (Lipinski definition) is 5. The Labute approximate surface area is 149 Å². The van der Waals surface area contributed by atoms with Gasteiger partial charge in [-0.15, -0.1) is 0 Å². The number of imidazole rings is 1. The average Bonchev–Trinajstić information content (AvgIpc) is 2.88. The summed E-state index contributed by atoms with van der Waals surface area (Å²) in [6.07, 6.45) is 1.31. The zero-order chi connectivity index (χ0) is 15.5. The molecule has 1 fully saturated rings. The van der Waals surface area contributed by atoms with E-state index in [0.717, 1.165) is 5.82 Å². The van der Waals surface area contributed by atoms with Gasteiger partial charge in [0, 0.05) is 18.8 Å². The number of nitrogens with zero attached hydrogens (tertiary/aromatic N) is 3. The molecule has 0 spiro atoms. The third-order valence-electron chi connectivity index (χ3n) is 4.34. The summed E-state index contributed by atoms with van der Waals surface area (Å²) in [6.45, 7) is 3.36. The van der Waals surface area contributed by atoms with Crippen LogP contribution in [-0.2, 0) is 16.6 Å². The monoisotopic (exact) mass is 313 g/mol. The molecule has 2 aliphatic heterocycles. The Kier molecular flexibility index (Phi) is 4.54. The van der Waals surface area contributed by atoms with E-state index in [2.05, 4.69) is 4.98 Å². The summed E-state index contributed by atoms with van der Waals surface area (Å²) in [7, 11) is 1.82. The number of aliphatic carboxylic acids is 1. The Hall–Kier alpha value is -1.15. The number of carbonyl (C=O) groups is 2. The third-order valence-corrected chi connectivity index (χ3v) is 4.34. The molecule has 0 unspecified atom stereocenters. The summed E-state index contributed by atoms with van der Waals surface area (Å²) < 4.78 is 1.79. The van der Waals surface area contributed by atoms with Crippen LogP contribution in [0, 0.1) is 12.8 Å². The van der Waals surface area contributed by atoms with Crippen molar-refractivity contribution in [1.29, 1.82) is 0 Å². The van der Waals surface area contributed by atoms with E-state index >= 15 is 0 Å². The van der Waals surface area contributed by atoms with Gasteiger partial charge in [-0.2, -0.15) is 0 Å². The number of aromatic nitrogens is 2. The first-order chi connectivity index (χ1) is 9.82. The molecular weight excluding hydrogens is 297 g/mol. The van der Waals surface area contributed by atoms with E-state index < -0.39 is 18.0 Å². The van der Waals surface area contributed by atoms with Crippen molar-refractivity contribution < 1.29 is 49.4 Å². The third kappa shape index (κ3) is 2.32. The number of carboxylic acids is 1. The van der Waals surface area contributed by atoms with Gasteiger partial charge in [0.25, 0.3) is 0 Å². The second-order valence-corrected chi connectivity index (χ2v) is 5.64. The number of fused-ring (bicyclic) bond motifs is 1. The van der Waals surface area contributed by atoms with Crippen molar-refractivity contribution >= 4 is 17.4 Å². The van der Waals surface area contributed by atoms with Gasteiger partial charge in [-0.25, -0.2) is 4.98 Å². The number of hydrogen-bond donors (Lipinski definition) is 1. The number of aliphatic hydroxyl groups excluding tert-OH is 1. The number of rotatable bonds is 3. The van der Waals surface area contributed by atoms with E-state index in [1.54, 1.807) is 17.7 Å². The smallest absolute Gasteiger partial charge is 0.543 e. The van der Waals surface area contributed by atoms with Crippen molar-refractivity contribution in [3.63, 3.8) is 0 Å². The fourth-order valence-electron chi connectivity index (χ4n) is 3.19.